The molecule has 2 fully saturated rings. The first-order chi connectivity index (χ1) is 24.1. The van der Waals surface area contributed by atoms with E-state index >= 15 is 0 Å². The third-order valence-electron chi connectivity index (χ3n) is 10.6. The molecular formula is C38H54N4O6S2. The summed E-state index contributed by atoms with van der Waals surface area (Å²) < 4.78 is 11.6. The molecule has 0 spiro atoms. The van der Waals surface area contributed by atoms with Crippen LogP contribution >= 0.6 is 21.6 Å². The van der Waals surface area contributed by atoms with E-state index in [9.17, 15) is 19.8 Å². The summed E-state index contributed by atoms with van der Waals surface area (Å²) in [5.74, 6) is 2.26. The third kappa shape index (κ3) is 10.5. The molecule has 50 heavy (non-hydrogen) atoms. The minimum absolute atomic E-state index is 0.0186. The minimum Gasteiger partial charge on any atom is -0.504 e. The van der Waals surface area contributed by atoms with Crippen LogP contribution in [0.3, 0.4) is 0 Å². The largest absolute Gasteiger partial charge is 0.504 e. The number of phenols is 1. The molecule has 4 atom stereocenters. The first-order valence-corrected chi connectivity index (χ1v) is 20.4. The number of aliphatic hydroxyl groups excluding tert-OH is 1. The molecule has 1 amide bonds. The predicted molar refractivity (Wildman–Crippen MR) is 201 cm³/mol. The maximum absolute atomic E-state index is 13.7. The van der Waals surface area contributed by atoms with Crippen molar-refractivity contribution in [2.45, 2.75) is 102 Å². The number of carbonyl (C=O) groups excluding carboxylic acids is 2. The third-order valence-corrected chi connectivity index (χ3v) is 12.8. The number of nitrogens with one attached hydrogen (secondary N) is 1. The number of aromatic hydroxyl groups is 1. The van der Waals surface area contributed by atoms with Crippen LogP contribution in [-0.4, -0.2) is 76.5 Å². The lowest BCUT2D eigenvalue weighted by molar-refractivity contribution is -0.168. The Labute approximate surface area is 304 Å². The van der Waals surface area contributed by atoms with E-state index in [1.165, 1.54) is 19.6 Å². The highest BCUT2D eigenvalue weighted by Crippen LogP contribution is 2.43. The van der Waals surface area contributed by atoms with Gasteiger partial charge in [-0.25, -0.2) is 4.99 Å². The number of phenolic OH excluding ortho intramolecular Hbond substituents is 1. The second-order valence-corrected chi connectivity index (χ2v) is 16.9. The number of methoxy groups -OCH3 is 1. The van der Waals surface area contributed by atoms with Crippen LogP contribution in [0.15, 0.2) is 47.5 Å². The van der Waals surface area contributed by atoms with Gasteiger partial charge in [0.25, 0.3) is 0 Å². The molecule has 5 N–H and O–H groups in total. The van der Waals surface area contributed by atoms with Crippen LogP contribution in [0, 0.1) is 11.3 Å². The summed E-state index contributed by atoms with van der Waals surface area (Å²) in [6.45, 7) is 2.80. The number of rotatable bonds is 4. The summed E-state index contributed by atoms with van der Waals surface area (Å²) in [5.41, 5.74) is 7.85. The van der Waals surface area contributed by atoms with Crippen molar-refractivity contribution in [2.75, 3.05) is 31.8 Å². The molecule has 6 rings (SSSR count). The Kier molecular flexibility index (Phi) is 13.7. The van der Waals surface area contributed by atoms with Crippen molar-refractivity contribution >= 4 is 39.4 Å². The monoisotopic (exact) mass is 726 g/mol. The van der Waals surface area contributed by atoms with Gasteiger partial charge in [0.1, 0.15) is 5.60 Å². The second kappa shape index (κ2) is 17.9. The first kappa shape index (κ1) is 38.1. The molecule has 1 aliphatic carbocycles. The van der Waals surface area contributed by atoms with E-state index in [1.54, 1.807) is 21.6 Å². The zero-order chi connectivity index (χ0) is 35.6. The fourth-order valence-electron chi connectivity index (χ4n) is 8.01. The number of aliphatic imine (C=N–C) groups is 1. The maximum Gasteiger partial charge on any atom is 0.303 e. The zero-order valence-electron chi connectivity index (χ0n) is 29.5. The molecule has 0 unspecified atom stereocenters. The van der Waals surface area contributed by atoms with Crippen molar-refractivity contribution in [1.29, 1.82) is 0 Å². The number of nitrogens with zero attached hydrogens (tertiary/aromatic N) is 2. The standard InChI is InChI=1S/C38H54N4O6S2/c1-27(43)48-38-14-12-29-19-31(35(46)33(20-29)47-2)24-42-25-37(23-34(42)45,21-28-9-5-3-6-10-28)16-17-40-36(39)41-26-50-49-18-8-4-7-11-30(13-15-38)32(44)22-38/h3,5-6,9-10,19-20,30,32,44,46H,4,7-8,11-18,21-26H2,1-2H3,(H3,39,40,41)/t30-,32-,37-,38+/m1/s1. The summed E-state index contributed by atoms with van der Waals surface area (Å²) in [4.78, 5) is 32.3. The topological polar surface area (TPSA) is 147 Å². The van der Waals surface area contributed by atoms with Gasteiger partial charge >= 0.3 is 5.97 Å². The van der Waals surface area contributed by atoms with Gasteiger partial charge in [0.15, 0.2) is 17.5 Å². The van der Waals surface area contributed by atoms with Crippen molar-refractivity contribution < 1.29 is 29.3 Å². The lowest BCUT2D eigenvalue weighted by atomic mass is 9.72. The van der Waals surface area contributed by atoms with E-state index < -0.39 is 11.7 Å². The van der Waals surface area contributed by atoms with Gasteiger partial charge in [-0.2, -0.15) is 0 Å². The number of nitrogens with two attached hydrogens (primary N) is 1. The van der Waals surface area contributed by atoms with Gasteiger partial charge in [-0.1, -0.05) is 70.8 Å². The molecule has 2 aromatic carbocycles. The number of aryl methyl sites for hydroxylation is 1. The van der Waals surface area contributed by atoms with Gasteiger partial charge < -0.3 is 35.6 Å². The average Bonchev–Trinajstić information content (AvgIpc) is 3.38. The Bertz CT molecular complexity index is 1480. The van der Waals surface area contributed by atoms with Gasteiger partial charge in [0.2, 0.25) is 5.91 Å². The smallest absolute Gasteiger partial charge is 0.303 e. The van der Waals surface area contributed by atoms with Gasteiger partial charge in [0.05, 0.1) is 19.1 Å². The van der Waals surface area contributed by atoms with Crippen molar-refractivity contribution in [2.24, 2.45) is 22.1 Å². The van der Waals surface area contributed by atoms with E-state index in [4.69, 9.17) is 15.2 Å². The molecule has 0 aromatic heterocycles. The number of hydrogen-bond donors (Lipinski definition) is 4. The Morgan fingerprint density at radius 1 is 1.12 bits per heavy atom. The Morgan fingerprint density at radius 2 is 1.94 bits per heavy atom. The number of aliphatic hydroxyl groups is 1. The van der Waals surface area contributed by atoms with Crippen LogP contribution in [0.2, 0.25) is 0 Å². The number of guanidine groups is 1. The molecule has 2 aromatic rings. The number of amides is 1. The SMILES string of the molecule is COc1cc2cc(c1O)CN1C[C@@](Cc3ccccc3)(CCNC(N)=NCSSCCCCC[C@@H]3CC[C@@](OC(C)=O)(CC2)C[C@H]3O)CC1=O. The highest BCUT2D eigenvalue weighted by atomic mass is 33.1. The molecule has 1 saturated heterocycles. The normalized spacial score (nSPS) is 27.6. The summed E-state index contributed by atoms with van der Waals surface area (Å²) in [6, 6.07) is 14.0. The fraction of sp³-hybridized carbons (Fsp3) is 0.605. The van der Waals surface area contributed by atoms with Crippen LogP contribution in [-0.2, 0) is 33.7 Å². The summed E-state index contributed by atoms with van der Waals surface area (Å²) >= 11 is 0. The lowest BCUT2D eigenvalue weighted by Gasteiger charge is -2.42. The molecule has 274 valence electrons. The van der Waals surface area contributed by atoms with Crippen LogP contribution < -0.4 is 15.8 Å². The lowest BCUT2D eigenvalue weighted by Crippen LogP contribution is -2.45. The van der Waals surface area contributed by atoms with Crippen LogP contribution in [0.4, 0.5) is 0 Å². The number of carbonyl (C=O) groups is 2. The molecule has 10 nitrogen and oxygen atoms in total. The number of fused-ring (bicyclic) bond motifs is 14. The Balaban J connectivity index is 1.40. The Hall–Kier alpha value is -3.09. The zero-order valence-corrected chi connectivity index (χ0v) is 31.2. The quantitative estimate of drug-likeness (QED) is 0.220. The van der Waals surface area contributed by atoms with E-state index in [0.717, 1.165) is 56.3 Å². The van der Waals surface area contributed by atoms with Crippen molar-refractivity contribution in [3.05, 3.63) is 59.2 Å². The van der Waals surface area contributed by atoms with E-state index in [2.05, 4.69) is 22.4 Å². The van der Waals surface area contributed by atoms with Crippen LogP contribution in [0.5, 0.6) is 11.5 Å². The molecule has 0 radical (unpaired) electrons. The maximum atomic E-state index is 13.7. The van der Waals surface area contributed by atoms with Crippen molar-refractivity contribution in [3.8, 4) is 11.5 Å². The van der Waals surface area contributed by atoms with Gasteiger partial charge in [-0.05, 0) is 74.5 Å². The van der Waals surface area contributed by atoms with E-state index in [0.29, 0.717) is 68.3 Å². The number of hydrogen-bond acceptors (Lipinski definition) is 11. The summed E-state index contributed by atoms with van der Waals surface area (Å²) in [6.07, 6.45) is 8.56. The average molecular weight is 727 g/mol. The van der Waals surface area contributed by atoms with Gasteiger partial charge in [-0.3, -0.25) is 9.59 Å². The van der Waals surface area contributed by atoms with Crippen molar-refractivity contribution in [3.63, 3.8) is 0 Å². The molecular weight excluding hydrogens is 673 g/mol. The van der Waals surface area contributed by atoms with Crippen LogP contribution in [0.25, 0.3) is 0 Å². The molecule has 3 aliphatic heterocycles. The Morgan fingerprint density at radius 3 is 2.70 bits per heavy atom. The fourth-order valence-corrected chi connectivity index (χ4v) is 9.80. The van der Waals surface area contributed by atoms with Gasteiger partial charge in [-0.15, -0.1) is 0 Å². The number of benzene rings is 2. The van der Waals surface area contributed by atoms with E-state index in [-0.39, 0.29) is 35.5 Å². The summed E-state index contributed by atoms with van der Waals surface area (Å²) in [7, 11) is 5.02. The molecule has 1 saturated carbocycles. The predicted octanol–water partition coefficient (Wildman–Crippen LogP) is 5.97. The molecule has 4 aliphatic rings. The van der Waals surface area contributed by atoms with Crippen molar-refractivity contribution in [1.82, 2.24) is 10.2 Å². The second-order valence-electron chi connectivity index (χ2n) is 14.4. The van der Waals surface area contributed by atoms with Gasteiger partial charge in [0, 0.05) is 56.1 Å². The summed E-state index contributed by atoms with van der Waals surface area (Å²) in [5, 5.41) is 25.8. The van der Waals surface area contributed by atoms with E-state index in [1.807, 2.05) is 35.2 Å². The highest BCUT2D eigenvalue weighted by Gasteiger charge is 2.44. The number of esters is 1. The first-order valence-electron chi connectivity index (χ1n) is 18.0. The number of ether oxygens (including phenoxy) is 2. The molecule has 3 heterocycles. The van der Waals surface area contributed by atoms with Crippen LogP contribution in [0.1, 0.15) is 87.8 Å². The minimum atomic E-state index is -0.756. The highest BCUT2D eigenvalue weighted by molar-refractivity contribution is 8.76. The molecule has 6 bridgehead atoms. The molecule has 12 heteroatoms.